The summed E-state index contributed by atoms with van der Waals surface area (Å²) < 4.78 is 19.5. The van der Waals surface area contributed by atoms with Crippen LogP contribution in [0.4, 0.5) is 5.69 Å². The smallest absolute Gasteiger partial charge is 0.354 e. The Balaban J connectivity index is 3.09. The van der Waals surface area contributed by atoms with E-state index in [1.54, 1.807) is 7.11 Å². The van der Waals surface area contributed by atoms with Crippen molar-refractivity contribution in [3.05, 3.63) is 34.0 Å². The second kappa shape index (κ2) is 10.0. The maximum Gasteiger partial charge on any atom is 0.354 e. The Morgan fingerprint density at radius 1 is 1.08 bits per heavy atom. The molecule has 0 amide bonds. The Hall–Kier alpha value is -1.96. The van der Waals surface area contributed by atoms with Crippen LogP contribution in [-0.2, 0) is 23.8 Å². The molecule has 0 bridgehead atoms. The first-order valence-electron chi connectivity index (χ1n) is 6.68. The fourth-order valence-electron chi connectivity index (χ4n) is 1.55. The molecule has 1 aromatic rings. The first-order chi connectivity index (χ1) is 11.4. The number of halogens is 2. The number of carbonyl (C=O) groups is 2. The van der Waals surface area contributed by atoms with Gasteiger partial charge in [0.25, 0.3) is 0 Å². The minimum Gasteiger partial charge on any atom is -0.490 e. The highest BCUT2D eigenvalue weighted by molar-refractivity contribution is 6.37. The van der Waals surface area contributed by atoms with Gasteiger partial charge in [0.1, 0.15) is 18.1 Å². The zero-order valence-corrected chi connectivity index (χ0v) is 14.9. The van der Waals surface area contributed by atoms with Crippen molar-refractivity contribution in [3.63, 3.8) is 0 Å². The van der Waals surface area contributed by atoms with Gasteiger partial charge in [-0.05, 0) is 6.07 Å². The normalized spacial score (nSPS) is 11.0. The maximum atomic E-state index is 11.8. The molecule has 0 saturated carbocycles. The van der Waals surface area contributed by atoms with Crippen molar-refractivity contribution in [2.45, 2.75) is 0 Å². The van der Waals surface area contributed by atoms with E-state index in [1.165, 1.54) is 26.4 Å². The molecular formula is C15H17Cl2NO6. The molecule has 0 aliphatic carbocycles. The van der Waals surface area contributed by atoms with Crippen molar-refractivity contribution < 1.29 is 28.5 Å². The third-order valence-electron chi connectivity index (χ3n) is 2.70. The van der Waals surface area contributed by atoms with E-state index in [4.69, 9.17) is 32.7 Å². The van der Waals surface area contributed by atoms with Gasteiger partial charge >= 0.3 is 11.9 Å². The summed E-state index contributed by atoms with van der Waals surface area (Å²) in [4.78, 5) is 23.1. The van der Waals surface area contributed by atoms with E-state index in [0.717, 1.165) is 6.08 Å². The van der Waals surface area contributed by atoms with Gasteiger partial charge in [-0.1, -0.05) is 23.2 Å². The van der Waals surface area contributed by atoms with Crippen LogP contribution in [0.3, 0.4) is 0 Å². The van der Waals surface area contributed by atoms with Crippen LogP contribution in [0.25, 0.3) is 0 Å². The molecule has 1 aromatic carbocycles. The number of anilines is 1. The van der Waals surface area contributed by atoms with Gasteiger partial charge < -0.3 is 24.3 Å². The number of methoxy groups -OCH3 is 3. The van der Waals surface area contributed by atoms with E-state index in [9.17, 15) is 9.59 Å². The largest absolute Gasteiger partial charge is 0.490 e. The summed E-state index contributed by atoms with van der Waals surface area (Å²) in [7, 11) is 3.91. The summed E-state index contributed by atoms with van der Waals surface area (Å²) in [6.07, 6.45) is 0.947. The first kappa shape index (κ1) is 20.1. The molecule has 132 valence electrons. The fraction of sp³-hybridized carbons (Fsp3) is 0.333. The molecule has 0 aliphatic heterocycles. The molecule has 0 aliphatic rings. The van der Waals surface area contributed by atoms with Gasteiger partial charge in [0, 0.05) is 13.2 Å². The molecule has 0 heterocycles. The van der Waals surface area contributed by atoms with Gasteiger partial charge in [0.15, 0.2) is 0 Å². The van der Waals surface area contributed by atoms with E-state index in [-0.39, 0.29) is 17.3 Å². The van der Waals surface area contributed by atoms with Crippen LogP contribution in [0.15, 0.2) is 23.9 Å². The minimum absolute atomic E-state index is 0.156. The lowest BCUT2D eigenvalue weighted by Crippen LogP contribution is -2.16. The van der Waals surface area contributed by atoms with Crippen molar-refractivity contribution in [1.29, 1.82) is 0 Å². The number of nitrogens with one attached hydrogen (secondary N) is 1. The molecule has 9 heteroatoms. The van der Waals surface area contributed by atoms with Crippen LogP contribution < -0.4 is 10.1 Å². The van der Waals surface area contributed by atoms with Crippen LogP contribution >= 0.6 is 23.2 Å². The molecule has 24 heavy (non-hydrogen) atoms. The number of benzene rings is 1. The molecule has 0 unspecified atom stereocenters. The van der Waals surface area contributed by atoms with Crippen molar-refractivity contribution in [2.24, 2.45) is 0 Å². The Labute approximate surface area is 149 Å². The Bertz CT molecular complexity index is 633. The second-order valence-corrected chi connectivity index (χ2v) is 5.12. The predicted octanol–water partition coefficient (Wildman–Crippen LogP) is 2.66. The lowest BCUT2D eigenvalue weighted by molar-refractivity contribution is -0.138. The summed E-state index contributed by atoms with van der Waals surface area (Å²) in [5.74, 6) is -1.17. The van der Waals surface area contributed by atoms with Gasteiger partial charge in [-0.3, -0.25) is 0 Å². The van der Waals surface area contributed by atoms with E-state index in [0.29, 0.717) is 23.1 Å². The second-order valence-electron chi connectivity index (χ2n) is 4.30. The zero-order valence-electron chi connectivity index (χ0n) is 13.4. The molecule has 0 spiro atoms. The topological polar surface area (TPSA) is 83.1 Å². The number of hydrogen-bond acceptors (Lipinski definition) is 7. The lowest BCUT2D eigenvalue weighted by Gasteiger charge is -2.14. The third-order valence-corrected chi connectivity index (χ3v) is 3.31. The predicted molar refractivity (Wildman–Crippen MR) is 89.6 cm³/mol. The van der Waals surface area contributed by atoms with Crippen molar-refractivity contribution in [3.8, 4) is 5.75 Å². The SMILES string of the molecule is COCCOc1cc(N/C(=C/C(=O)OC)C(=O)OC)c(Cl)cc1Cl. The molecule has 0 radical (unpaired) electrons. The average molecular weight is 378 g/mol. The number of carbonyl (C=O) groups excluding carboxylic acids is 2. The summed E-state index contributed by atoms with van der Waals surface area (Å²) in [6, 6.07) is 2.94. The van der Waals surface area contributed by atoms with E-state index < -0.39 is 11.9 Å². The fourth-order valence-corrected chi connectivity index (χ4v) is 2.03. The van der Waals surface area contributed by atoms with Gasteiger partial charge in [0.05, 0.1) is 42.6 Å². The van der Waals surface area contributed by atoms with Crippen molar-refractivity contribution >= 4 is 40.8 Å². The van der Waals surface area contributed by atoms with Crippen LogP contribution in [0.5, 0.6) is 5.75 Å². The average Bonchev–Trinajstić information content (AvgIpc) is 2.57. The Morgan fingerprint density at radius 3 is 2.38 bits per heavy atom. The quantitative estimate of drug-likeness (QED) is 0.423. The molecule has 0 atom stereocenters. The standard InChI is InChI=1S/C15H17Cl2NO6/c1-21-4-5-24-13-7-11(9(16)6-10(13)17)18-12(15(20)23-3)8-14(19)22-2/h6-8,18H,4-5H2,1-3H3/b12-8+. The summed E-state index contributed by atoms with van der Waals surface area (Å²) in [5, 5.41) is 3.22. The lowest BCUT2D eigenvalue weighted by atomic mass is 10.2. The highest BCUT2D eigenvalue weighted by atomic mass is 35.5. The monoisotopic (exact) mass is 377 g/mol. The number of esters is 2. The van der Waals surface area contributed by atoms with E-state index in [1.807, 2.05) is 0 Å². The molecular weight excluding hydrogens is 361 g/mol. The molecule has 0 fully saturated rings. The van der Waals surface area contributed by atoms with Crippen molar-refractivity contribution in [2.75, 3.05) is 39.9 Å². The highest BCUT2D eigenvalue weighted by Gasteiger charge is 2.16. The Kier molecular flexibility index (Phi) is 8.39. The van der Waals surface area contributed by atoms with E-state index >= 15 is 0 Å². The van der Waals surface area contributed by atoms with E-state index in [2.05, 4.69) is 14.8 Å². The minimum atomic E-state index is -0.770. The van der Waals surface area contributed by atoms with Crippen LogP contribution in [-0.4, -0.2) is 46.5 Å². The van der Waals surface area contributed by atoms with Gasteiger partial charge in [-0.25, -0.2) is 9.59 Å². The summed E-state index contributed by atoms with van der Waals surface area (Å²) >= 11 is 12.2. The van der Waals surface area contributed by atoms with Crippen LogP contribution in [0.1, 0.15) is 0 Å². The number of ether oxygens (including phenoxy) is 4. The molecule has 0 saturated heterocycles. The van der Waals surface area contributed by atoms with Crippen LogP contribution in [0.2, 0.25) is 10.0 Å². The number of hydrogen-bond donors (Lipinski definition) is 1. The highest BCUT2D eigenvalue weighted by Crippen LogP contribution is 2.35. The van der Waals surface area contributed by atoms with Crippen LogP contribution in [0, 0.1) is 0 Å². The molecule has 1 N–H and O–H groups in total. The zero-order chi connectivity index (χ0) is 18.1. The Morgan fingerprint density at radius 2 is 1.79 bits per heavy atom. The third kappa shape index (κ3) is 5.92. The molecule has 7 nitrogen and oxygen atoms in total. The maximum absolute atomic E-state index is 11.8. The summed E-state index contributed by atoms with van der Waals surface area (Å²) in [5.41, 5.74) is 0.144. The molecule has 1 rings (SSSR count). The van der Waals surface area contributed by atoms with Gasteiger partial charge in [0.2, 0.25) is 0 Å². The first-order valence-corrected chi connectivity index (χ1v) is 7.44. The van der Waals surface area contributed by atoms with Crippen molar-refractivity contribution in [1.82, 2.24) is 0 Å². The summed E-state index contributed by atoms with van der Waals surface area (Å²) in [6.45, 7) is 0.649. The van der Waals surface area contributed by atoms with Gasteiger partial charge in [-0.15, -0.1) is 0 Å². The number of rotatable bonds is 8. The molecule has 0 aromatic heterocycles. The van der Waals surface area contributed by atoms with Gasteiger partial charge in [-0.2, -0.15) is 0 Å².